The molecule has 0 N–H and O–H groups in total. The first-order valence-electron chi connectivity index (χ1n) is 3.66. The first kappa shape index (κ1) is 8.66. The van der Waals surface area contributed by atoms with Gasteiger partial charge < -0.3 is 0 Å². The number of hydrogen-bond acceptors (Lipinski definition) is 1. The van der Waals surface area contributed by atoms with Crippen molar-refractivity contribution in [3.8, 4) is 0 Å². The van der Waals surface area contributed by atoms with E-state index in [2.05, 4.69) is 38.3 Å². The molecule has 0 saturated carbocycles. The van der Waals surface area contributed by atoms with Crippen LogP contribution < -0.4 is 0 Å². The molecule has 0 spiro atoms. The lowest BCUT2D eigenvalue weighted by molar-refractivity contribution is 1.30. The van der Waals surface area contributed by atoms with Crippen LogP contribution in [-0.2, 0) is 5.75 Å². The van der Waals surface area contributed by atoms with Crippen LogP contribution in [0.2, 0.25) is 0 Å². The Morgan fingerprint density at radius 3 is 2.18 bits per heavy atom. The predicted molar refractivity (Wildman–Crippen MR) is 52.6 cm³/mol. The van der Waals surface area contributed by atoms with Gasteiger partial charge >= 0.3 is 0 Å². The Kier molecular flexibility index (Phi) is 3.01. The van der Waals surface area contributed by atoms with Crippen molar-refractivity contribution in [2.24, 2.45) is 0 Å². The number of hydrogen-bond donors (Lipinski definition) is 0. The molecule has 0 aliphatic heterocycles. The van der Waals surface area contributed by atoms with Crippen LogP contribution in [0, 0.1) is 20.1 Å². The van der Waals surface area contributed by atoms with E-state index in [0.29, 0.717) is 0 Å². The van der Waals surface area contributed by atoms with Gasteiger partial charge in [-0.25, -0.2) is 0 Å². The number of rotatable bonds is 2. The summed E-state index contributed by atoms with van der Waals surface area (Å²) in [6, 6.07) is 6.62. The highest BCUT2D eigenvalue weighted by Gasteiger charge is 1.93. The minimum absolute atomic E-state index is 1.02. The van der Waals surface area contributed by atoms with E-state index < -0.39 is 0 Å². The molecule has 0 aromatic heterocycles. The third-order valence-corrected chi connectivity index (χ3v) is 2.09. The van der Waals surface area contributed by atoms with Crippen molar-refractivity contribution < 1.29 is 0 Å². The normalized spacial score (nSPS) is 10.1. The second-order valence-electron chi connectivity index (χ2n) is 2.84. The summed E-state index contributed by atoms with van der Waals surface area (Å²) in [5.41, 5.74) is 4.06. The summed E-state index contributed by atoms with van der Waals surface area (Å²) in [4.78, 5) is 0. The molecule has 0 bridgehead atoms. The smallest absolute Gasteiger partial charge is 0.0185 e. The molecule has 0 amide bonds. The average Bonchev–Trinajstić information content (AvgIpc) is 1.85. The lowest BCUT2D eigenvalue weighted by Gasteiger charge is -2.01. The van der Waals surface area contributed by atoms with Gasteiger partial charge in [0, 0.05) is 12.0 Å². The van der Waals surface area contributed by atoms with Crippen molar-refractivity contribution in [3.63, 3.8) is 0 Å². The van der Waals surface area contributed by atoms with E-state index in [9.17, 15) is 0 Å². The fraction of sp³-hybridized carbons (Fsp3) is 0.300. The Labute approximate surface area is 73.0 Å². The largest absolute Gasteiger partial charge is 0.156 e. The molecule has 1 aromatic rings. The summed E-state index contributed by atoms with van der Waals surface area (Å²) in [7, 11) is 0. The van der Waals surface area contributed by atoms with E-state index in [-0.39, 0.29) is 0 Å². The Bertz CT molecular complexity index is 220. The minimum Gasteiger partial charge on any atom is -0.156 e. The Morgan fingerprint density at radius 1 is 1.18 bits per heavy atom. The summed E-state index contributed by atoms with van der Waals surface area (Å²) in [6.07, 6.45) is 3.76. The average molecular weight is 165 g/mol. The van der Waals surface area contributed by atoms with Crippen LogP contribution in [0.4, 0.5) is 0 Å². The van der Waals surface area contributed by atoms with Crippen molar-refractivity contribution >= 4 is 11.8 Å². The predicted octanol–water partition coefficient (Wildman–Crippen LogP) is 3.33. The quantitative estimate of drug-likeness (QED) is 0.647. The molecule has 0 unspecified atom stereocenters. The third kappa shape index (κ3) is 2.58. The second kappa shape index (κ2) is 3.82. The zero-order chi connectivity index (χ0) is 8.27. The molecule has 0 nitrogen and oxygen atoms in total. The standard InChI is InChI=1S/C10H13S/c1-8-4-9(2)6-10(5-8)7-11-3/h4-6H,3,7H2,1-2H3. The molecule has 0 aliphatic rings. The maximum absolute atomic E-state index is 3.76. The van der Waals surface area contributed by atoms with Crippen LogP contribution in [0.3, 0.4) is 0 Å². The number of benzene rings is 1. The molecule has 1 heteroatoms. The van der Waals surface area contributed by atoms with E-state index in [1.165, 1.54) is 16.7 Å². The molecule has 0 fully saturated rings. The van der Waals surface area contributed by atoms with Gasteiger partial charge in [-0.3, -0.25) is 0 Å². The van der Waals surface area contributed by atoms with Gasteiger partial charge in [-0.2, -0.15) is 11.8 Å². The topological polar surface area (TPSA) is 0 Å². The van der Waals surface area contributed by atoms with E-state index >= 15 is 0 Å². The van der Waals surface area contributed by atoms with Crippen LogP contribution in [0.15, 0.2) is 18.2 Å². The zero-order valence-corrected chi connectivity index (χ0v) is 7.87. The number of thioether (sulfide) groups is 1. The Balaban J connectivity index is 2.89. The number of aryl methyl sites for hydroxylation is 2. The maximum atomic E-state index is 3.76. The van der Waals surface area contributed by atoms with Crippen molar-refractivity contribution in [1.82, 2.24) is 0 Å². The minimum atomic E-state index is 1.02. The van der Waals surface area contributed by atoms with Crippen molar-refractivity contribution in [1.29, 1.82) is 0 Å². The Hall–Kier alpha value is -0.430. The third-order valence-electron chi connectivity index (χ3n) is 1.55. The summed E-state index contributed by atoms with van der Waals surface area (Å²) in [5, 5.41) is 0. The van der Waals surface area contributed by atoms with Gasteiger partial charge in [-0.15, -0.1) is 0 Å². The van der Waals surface area contributed by atoms with Gasteiger partial charge in [0.05, 0.1) is 0 Å². The van der Waals surface area contributed by atoms with Crippen LogP contribution in [0.5, 0.6) is 0 Å². The monoisotopic (exact) mass is 165 g/mol. The molecular formula is C10H13S. The SMILES string of the molecule is [CH2]SCc1cc(C)cc(C)c1. The molecule has 0 atom stereocenters. The van der Waals surface area contributed by atoms with Gasteiger partial charge in [0.25, 0.3) is 0 Å². The molecule has 0 aliphatic carbocycles. The highest BCUT2D eigenvalue weighted by Crippen LogP contribution is 2.14. The molecule has 1 aromatic carbocycles. The van der Waals surface area contributed by atoms with Crippen LogP contribution in [0.1, 0.15) is 16.7 Å². The molecular weight excluding hydrogens is 152 g/mol. The highest BCUT2D eigenvalue weighted by molar-refractivity contribution is 7.99. The fourth-order valence-corrected chi connectivity index (χ4v) is 1.67. The van der Waals surface area contributed by atoms with Crippen LogP contribution in [-0.4, -0.2) is 0 Å². The van der Waals surface area contributed by atoms with Gasteiger partial charge in [0.1, 0.15) is 0 Å². The zero-order valence-electron chi connectivity index (χ0n) is 7.05. The van der Waals surface area contributed by atoms with Gasteiger partial charge in [-0.1, -0.05) is 29.3 Å². The molecule has 0 heterocycles. The van der Waals surface area contributed by atoms with Gasteiger partial charge in [-0.05, 0) is 19.4 Å². The first-order chi connectivity index (χ1) is 5.22. The van der Waals surface area contributed by atoms with Crippen molar-refractivity contribution in [2.45, 2.75) is 19.6 Å². The fourth-order valence-electron chi connectivity index (χ4n) is 1.27. The molecule has 0 saturated heterocycles. The summed E-state index contributed by atoms with van der Waals surface area (Å²) < 4.78 is 0. The van der Waals surface area contributed by atoms with Gasteiger partial charge in [0.2, 0.25) is 0 Å². The highest BCUT2D eigenvalue weighted by atomic mass is 32.2. The van der Waals surface area contributed by atoms with Gasteiger partial charge in [0.15, 0.2) is 0 Å². The molecule has 1 rings (SSSR count). The second-order valence-corrected chi connectivity index (χ2v) is 3.54. The van der Waals surface area contributed by atoms with E-state index in [1.807, 2.05) is 0 Å². The summed E-state index contributed by atoms with van der Waals surface area (Å²) in [5.74, 6) is 1.02. The lowest BCUT2D eigenvalue weighted by Crippen LogP contribution is -1.83. The van der Waals surface area contributed by atoms with Crippen molar-refractivity contribution in [2.75, 3.05) is 0 Å². The van der Waals surface area contributed by atoms with Crippen LogP contribution >= 0.6 is 11.8 Å². The first-order valence-corrected chi connectivity index (χ1v) is 4.82. The van der Waals surface area contributed by atoms with E-state index in [4.69, 9.17) is 0 Å². The molecule has 59 valence electrons. The Morgan fingerprint density at radius 2 is 1.73 bits per heavy atom. The summed E-state index contributed by atoms with van der Waals surface area (Å²) in [6.45, 7) is 4.26. The van der Waals surface area contributed by atoms with E-state index in [1.54, 1.807) is 11.8 Å². The van der Waals surface area contributed by atoms with E-state index in [0.717, 1.165) is 5.75 Å². The molecule has 1 radical (unpaired) electrons. The van der Waals surface area contributed by atoms with Crippen LogP contribution in [0.25, 0.3) is 0 Å². The maximum Gasteiger partial charge on any atom is 0.0185 e. The summed E-state index contributed by atoms with van der Waals surface area (Å²) >= 11 is 1.62. The lowest BCUT2D eigenvalue weighted by atomic mass is 10.1. The van der Waals surface area contributed by atoms with Crippen molar-refractivity contribution in [3.05, 3.63) is 41.1 Å². The molecule has 11 heavy (non-hydrogen) atoms.